The van der Waals surface area contributed by atoms with Crippen LogP contribution in [0.5, 0.6) is 0 Å². The number of hydrogen-bond acceptors (Lipinski definition) is 5. The van der Waals surface area contributed by atoms with Crippen molar-refractivity contribution in [2.75, 3.05) is 0 Å². The van der Waals surface area contributed by atoms with Crippen LogP contribution >= 0.6 is 24.0 Å². The van der Waals surface area contributed by atoms with Crippen LogP contribution in [0, 0.1) is 10.1 Å². The van der Waals surface area contributed by atoms with Crippen molar-refractivity contribution in [2.24, 2.45) is 0 Å². The summed E-state index contributed by atoms with van der Waals surface area (Å²) in [5, 5.41) is 11.6. The Balaban J connectivity index is 2.70. The van der Waals surface area contributed by atoms with Gasteiger partial charge >= 0.3 is 0 Å². The zero-order valence-corrected chi connectivity index (χ0v) is 9.64. The second-order valence-electron chi connectivity index (χ2n) is 3.03. The molecule has 1 aromatic carbocycles. The molecule has 1 aromatic heterocycles. The van der Waals surface area contributed by atoms with Crippen LogP contribution in [0.1, 0.15) is 11.9 Å². The number of aryl methyl sites for hydroxylation is 1. The third-order valence-electron chi connectivity index (χ3n) is 2.02. The molecule has 0 saturated carbocycles. The van der Waals surface area contributed by atoms with E-state index in [-0.39, 0.29) is 5.69 Å². The first-order chi connectivity index (χ1) is 7.11. The van der Waals surface area contributed by atoms with E-state index < -0.39 is 4.92 Å². The molecule has 0 atom stereocenters. The van der Waals surface area contributed by atoms with E-state index in [9.17, 15) is 10.1 Å². The van der Waals surface area contributed by atoms with Gasteiger partial charge in [0.25, 0.3) is 5.69 Å². The summed E-state index contributed by atoms with van der Waals surface area (Å²) in [5.41, 5.74) is 0.824. The lowest BCUT2D eigenvalue weighted by Crippen LogP contribution is -1.87. The standard InChI is InChI=1S/C9H8N2O2S2/c1-2-8-10-9-6(14)3-5(11(12)13)4-7(9)15-8/h3-4,14H,2H2,1H3. The molecule has 78 valence electrons. The third-order valence-corrected chi connectivity index (χ3v) is 3.50. The number of nitro benzene ring substituents is 1. The Bertz CT molecular complexity index is 536. The molecule has 0 N–H and O–H groups in total. The highest BCUT2D eigenvalue weighted by Gasteiger charge is 2.13. The van der Waals surface area contributed by atoms with Crippen LogP contribution < -0.4 is 0 Å². The Labute approximate surface area is 95.5 Å². The maximum absolute atomic E-state index is 10.6. The first kappa shape index (κ1) is 10.4. The fourth-order valence-electron chi connectivity index (χ4n) is 1.30. The second kappa shape index (κ2) is 3.79. The van der Waals surface area contributed by atoms with Crippen LogP contribution in [0.15, 0.2) is 17.0 Å². The molecule has 4 nitrogen and oxygen atoms in total. The summed E-state index contributed by atoms with van der Waals surface area (Å²) in [6, 6.07) is 2.98. The summed E-state index contributed by atoms with van der Waals surface area (Å²) in [7, 11) is 0. The average molecular weight is 240 g/mol. The molecule has 0 amide bonds. The summed E-state index contributed by atoms with van der Waals surface area (Å²) in [6.45, 7) is 2.00. The van der Waals surface area contributed by atoms with E-state index in [1.807, 2.05) is 6.92 Å². The summed E-state index contributed by atoms with van der Waals surface area (Å²) < 4.78 is 0.825. The van der Waals surface area contributed by atoms with Gasteiger partial charge < -0.3 is 0 Å². The number of fused-ring (bicyclic) bond motifs is 1. The molecule has 2 rings (SSSR count). The van der Waals surface area contributed by atoms with Gasteiger partial charge in [-0.2, -0.15) is 0 Å². The van der Waals surface area contributed by atoms with E-state index in [2.05, 4.69) is 17.6 Å². The summed E-state index contributed by atoms with van der Waals surface area (Å²) in [6.07, 6.45) is 0.834. The van der Waals surface area contributed by atoms with Gasteiger partial charge in [-0.15, -0.1) is 24.0 Å². The maximum atomic E-state index is 10.6. The number of benzene rings is 1. The Hall–Kier alpha value is -1.14. The van der Waals surface area contributed by atoms with Crippen molar-refractivity contribution >= 4 is 39.9 Å². The van der Waals surface area contributed by atoms with Gasteiger partial charge in [-0.1, -0.05) is 6.92 Å². The molecule has 6 heteroatoms. The first-order valence-corrected chi connectivity index (χ1v) is 5.65. The van der Waals surface area contributed by atoms with E-state index in [0.29, 0.717) is 4.90 Å². The third kappa shape index (κ3) is 1.82. The number of thiol groups is 1. The van der Waals surface area contributed by atoms with Crippen molar-refractivity contribution in [3.63, 3.8) is 0 Å². The lowest BCUT2D eigenvalue weighted by molar-refractivity contribution is -0.384. The number of rotatable bonds is 2. The van der Waals surface area contributed by atoms with Gasteiger partial charge in [-0.05, 0) is 6.42 Å². The quantitative estimate of drug-likeness (QED) is 0.498. The number of hydrogen-bond donors (Lipinski definition) is 1. The van der Waals surface area contributed by atoms with Gasteiger partial charge in [-0.25, -0.2) is 4.98 Å². The summed E-state index contributed by atoms with van der Waals surface area (Å²) in [5.74, 6) is 0. The van der Waals surface area contributed by atoms with Crippen molar-refractivity contribution in [2.45, 2.75) is 18.2 Å². The van der Waals surface area contributed by atoms with Crippen molar-refractivity contribution in [3.8, 4) is 0 Å². The molecule has 15 heavy (non-hydrogen) atoms. The lowest BCUT2D eigenvalue weighted by atomic mass is 10.3. The van der Waals surface area contributed by atoms with E-state index in [1.54, 1.807) is 6.07 Å². The number of nitrogens with zero attached hydrogens (tertiary/aromatic N) is 2. The highest BCUT2D eigenvalue weighted by molar-refractivity contribution is 7.80. The van der Waals surface area contributed by atoms with Crippen LogP contribution in [-0.4, -0.2) is 9.91 Å². The summed E-state index contributed by atoms with van der Waals surface area (Å²) >= 11 is 5.69. The minimum absolute atomic E-state index is 0.0683. The van der Waals surface area contributed by atoms with Crippen molar-refractivity contribution in [1.29, 1.82) is 0 Å². The molecule has 0 fully saturated rings. The van der Waals surface area contributed by atoms with E-state index in [4.69, 9.17) is 0 Å². The topological polar surface area (TPSA) is 56.0 Å². The lowest BCUT2D eigenvalue weighted by Gasteiger charge is -1.94. The van der Waals surface area contributed by atoms with Crippen LogP contribution in [0.2, 0.25) is 0 Å². The zero-order chi connectivity index (χ0) is 11.0. The highest BCUT2D eigenvalue weighted by Crippen LogP contribution is 2.31. The van der Waals surface area contributed by atoms with Gasteiger partial charge in [0.2, 0.25) is 0 Å². The van der Waals surface area contributed by atoms with Gasteiger partial charge in [-0.3, -0.25) is 10.1 Å². The monoisotopic (exact) mass is 240 g/mol. The van der Waals surface area contributed by atoms with Gasteiger partial charge in [0.1, 0.15) is 0 Å². The van der Waals surface area contributed by atoms with Crippen molar-refractivity contribution < 1.29 is 4.92 Å². The highest BCUT2D eigenvalue weighted by atomic mass is 32.1. The number of non-ortho nitro benzene ring substituents is 1. The van der Waals surface area contributed by atoms with Crippen molar-refractivity contribution in [3.05, 3.63) is 27.3 Å². The molecular formula is C9H8N2O2S2. The molecule has 0 aliphatic rings. The number of thiazole rings is 1. The largest absolute Gasteiger partial charge is 0.272 e. The minimum Gasteiger partial charge on any atom is -0.258 e. The molecule has 0 saturated heterocycles. The minimum atomic E-state index is -0.412. The molecule has 0 bridgehead atoms. The second-order valence-corrected chi connectivity index (χ2v) is 4.63. The van der Waals surface area contributed by atoms with Crippen LogP contribution in [-0.2, 0) is 6.42 Å². The number of aromatic nitrogens is 1. The van der Waals surface area contributed by atoms with E-state index in [0.717, 1.165) is 21.6 Å². The fraction of sp³-hybridized carbons (Fsp3) is 0.222. The Kier molecular flexibility index (Phi) is 2.62. The molecule has 0 aliphatic carbocycles. The predicted molar refractivity (Wildman–Crippen MR) is 62.9 cm³/mol. The van der Waals surface area contributed by atoms with Gasteiger partial charge in [0, 0.05) is 17.0 Å². The average Bonchev–Trinajstić information content (AvgIpc) is 2.61. The van der Waals surface area contributed by atoms with Crippen LogP contribution in [0.25, 0.3) is 10.2 Å². The Morgan fingerprint density at radius 1 is 1.60 bits per heavy atom. The van der Waals surface area contributed by atoms with Gasteiger partial charge in [0.05, 0.1) is 20.1 Å². The van der Waals surface area contributed by atoms with Gasteiger partial charge in [0.15, 0.2) is 0 Å². The van der Waals surface area contributed by atoms with Crippen LogP contribution in [0.4, 0.5) is 5.69 Å². The summed E-state index contributed by atoms with van der Waals surface area (Å²) in [4.78, 5) is 15.1. The Morgan fingerprint density at radius 2 is 2.33 bits per heavy atom. The zero-order valence-electron chi connectivity index (χ0n) is 7.93. The molecular weight excluding hydrogens is 232 g/mol. The SMILES string of the molecule is CCc1nc2c(S)cc([N+](=O)[O-])cc2s1. The maximum Gasteiger partial charge on any atom is 0.272 e. The molecule has 0 unspecified atom stereocenters. The van der Waals surface area contributed by atoms with E-state index in [1.165, 1.54) is 17.4 Å². The van der Waals surface area contributed by atoms with Crippen molar-refractivity contribution in [1.82, 2.24) is 4.98 Å². The van der Waals surface area contributed by atoms with Crippen LogP contribution in [0.3, 0.4) is 0 Å². The molecule has 0 aliphatic heterocycles. The molecule has 0 radical (unpaired) electrons. The van der Waals surface area contributed by atoms with E-state index >= 15 is 0 Å². The number of nitro groups is 1. The first-order valence-electron chi connectivity index (χ1n) is 4.38. The molecule has 0 spiro atoms. The molecule has 1 heterocycles. The molecule has 2 aromatic rings. The predicted octanol–water partition coefficient (Wildman–Crippen LogP) is 3.06. The Morgan fingerprint density at radius 3 is 2.93 bits per heavy atom. The normalized spacial score (nSPS) is 10.8. The fourth-order valence-corrected chi connectivity index (χ4v) is 2.65. The smallest absolute Gasteiger partial charge is 0.258 e.